The van der Waals surface area contributed by atoms with Gasteiger partial charge in [-0.1, -0.05) is 65.8 Å². The second kappa shape index (κ2) is 19.3. The fourth-order valence-electron chi connectivity index (χ4n) is 7.86. The highest BCUT2D eigenvalue weighted by Gasteiger charge is 2.52. The largest absolute Gasteiger partial charge is 0.542 e. The van der Waals surface area contributed by atoms with E-state index >= 15 is 4.39 Å². The Bertz CT molecular complexity index is 2450. The zero-order chi connectivity index (χ0) is 49.5. The molecule has 3 heterocycles. The number of methoxy groups -OCH3 is 1. The number of fused-ring (bicyclic) bond motifs is 14. The molecule has 0 saturated heterocycles. The van der Waals surface area contributed by atoms with Crippen LogP contribution in [0.15, 0.2) is 70.6 Å². The number of nitrogens with zero attached hydrogens (tertiary/aromatic N) is 1. The number of ether oxygens (including phenoxy) is 4. The van der Waals surface area contributed by atoms with Crippen molar-refractivity contribution >= 4 is 43.2 Å². The highest BCUT2D eigenvalue weighted by atomic mass is 28.4. The monoisotopic (exact) mass is 934 g/mol. The van der Waals surface area contributed by atoms with E-state index in [2.05, 4.69) is 5.32 Å². The Morgan fingerprint density at radius 3 is 2.23 bits per heavy atom. The number of aliphatic hydroxyl groups is 2. The molecule has 5 bridgehead atoms. The smallest absolute Gasteiger partial charge is 0.312 e. The van der Waals surface area contributed by atoms with E-state index in [-0.39, 0.29) is 72.8 Å². The lowest BCUT2D eigenvalue weighted by molar-refractivity contribution is -0.163. The average molecular weight is 935 g/mol. The van der Waals surface area contributed by atoms with Crippen molar-refractivity contribution in [3.8, 4) is 23.0 Å². The molecule has 4 aliphatic rings. The van der Waals surface area contributed by atoms with Crippen LogP contribution in [0, 0.1) is 24.7 Å². The van der Waals surface area contributed by atoms with Gasteiger partial charge in [-0.25, -0.2) is 9.38 Å². The molecule has 3 aliphatic heterocycles. The number of nitrogens with one attached hydrogen (secondary N) is 1. The Balaban J connectivity index is 1.79. The Hall–Kier alpha value is -5.62. The SMILES string of the molecule is CO[C@H]1/C=C/O[C@@]2(C)Oc3c(C)c(O)c4c(c3C2=O)C(=Nc2c(O)cccc2O[Si](C)(C)C(C)(C)C)C(C)=C(NC(=O)/C(C)=C\C=C\C(C)[C@H](O)[C@@H](C)[C@@H](O)[C@@H](C)[C@H](OC(C)=O)[C@@H]1F)C4=O. The summed E-state index contributed by atoms with van der Waals surface area (Å²) in [6.07, 6.45) is -1.09. The zero-order valence-electron chi connectivity index (χ0n) is 40.0. The van der Waals surface area contributed by atoms with Crippen LogP contribution in [0.3, 0.4) is 0 Å². The number of amides is 1. The first kappa shape index (κ1) is 51.4. The molecule has 0 saturated carbocycles. The third kappa shape index (κ3) is 9.75. The Labute approximate surface area is 386 Å². The van der Waals surface area contributed by atoms with E-state index in [1.54, 1.807) is 32.1 Å². The fourth-order valence-corrected chi connectivity index (χ4v) is 8.88. The van der Waals surface area contributed by atoms with E-state index in [1.165, 1.54) is 59.9 Å². The number of phenols is 2. The van der Waals surface area contributed by atoms with E-state index < -0.39 is 91.6 Å². The summed E-state index contributed by atoms with van der Waals surface area (Å²) in [6.45, 7) is 21.6. The number of hydrogen-bond acceptors (Lipinski definition) is 14. The van der Waals surface area contributed by atoms with Crippen LogP contribution in [0.2, 0.25) is 18.1 Å². The van der Waals surface area contributed by atoms with Gasteiger partial charge in [0.2, 0.25) is 5.78 Å². The summed E-state index contributed by atoms with van der Waals surface area (Å²) in [5.74, 6) is -8.85. The van der Waals surface area contributed by atoms with E-state index in [4.69, 9.17) is 28.4 Å². The molecule has 1 unspecified atom stereocenters. The average Bonchev–Trinajstić information content (AvgIpc) is 3.50. The Morgan fingerprint density at radius 2 is 1.62 bits per heavy atom. The van der Waals surface area contributed by atoms with Crippen molar-refractivity contribution in [1.29, 1.82) is 0 Å². The van der Waals surface area contributed by atoms with Gasteiger partial charge in [0.1, 0.15) is 40.9 Å². The van der Waals surface area contributed by atoms with Crippen molar-refractivity contribution in [1.82, 2.24) is 5.32 Å². The normalized spacial score (nSPS) is 30.2. The number of ketones is 2. The van der Waals surface area contributed by atoms with Gasteiger partial charge in [-0.2, -0.15) is 0 Å². The lowest BCUT2D eigenvalue weighted by atomic mass is 9.80. The zero-order valence-corrected chi connectivity index (χ0v) is 41.0. The van der Waals surface area contributed by atoms with Crippen LogP contribution < -0.4 is 14.5 Å². The molecule has 17 heteroatoms. The minimum atomic E-state index is -2.59. The van der Waals surface area contributed by atoms with Crippen LogP contribution in [0.4, 0.5) is 10.1 Å². The van der Waals surface area contributed by atoms with Gasteiger partial charge >= 0.3 is 11.8 Å². The summed E-state index contributed by atoms with van der Waals surface area (Å²) in [6, 6.07) is 4.62. The van der Waals surface area contributed by atoms with Crippen LogP contribution in [-0.4, -0.2) is 101 Å². The maximum Gasteiger partial charge on any atom is 0.312 e. The van der Waals surface area contributed by atoms with E-state index in [9.17, 15) is 39.6 Å². The number of halogens is 1. The summed E-state index contributed by atoms with van der Waals surface area (Å²) in [5, 5.41) is 48.5. The van der Waals surface area contributed by atoms with E-state index in [0.29, 0.717) is 0 Å². The highest BCUT2D eigenvalue weighted by Crippen LogP contribution is 2.50. The Kier molecular flexibility index (Phi) is 15.0. The molecule has 358 valence electrons. The number of hydrogen-bond donors (Lipinski definition) is 5. The summed E-state index contributed by atoms with van der Waals surface area (Å²) in [5.41, 5.74) is -1.02. The van der Waals surface area contributed by atoms with Gasteiger partial charge in [0.25, 0.3) is 20.0 Å². The molecular formula is C49H63FN2O13Si. The number of aliphatic hydroxyl groups excluding tert-OH is 2. The number of carbonyl (C=O) groups excluding carboxylic acids is 4. The lowest BCUT2D eigenvalue weighted by Gasteiger charge is -2.36. The number of carbonyl (C=O) groups is 4. The van der Waals surface area contributed by atoms with E-state index in [0.717, 1.165) is 19.3 Å². The molecule has 0 aromatic heterocycles. The standard InChI is InChI=1S/C49H63FN2O13Si/c1-23-17-15-18-24(2)47(60)52-38-25(3)37(51-39-30(54)19-16-20-32(39)65-66(13,14)48(8,9)10)33-34(43(38)58)42(57)28(6)44-35(33)46(59)49(11,64-44)62-22-21-31(61-12)36(50)45(63-29(7)53)27(5)41(56)26(4)40(23)55/h15-23,26-27,31,36,40-41,45,54-57H,1-14H3,(H,52,60)/b17-15+,22-21+,24-18-,51-37?/t23?,26-,27-,31+,36-,40+,41-,45+,49+/m1/s1. The van der Waals surface area contributed by atoms with Crippen LogP contribution in [0.1, 0.15) is 101 Å². The number of alkyl halides is 1. The molecule has 0 radical (unpaired) electrons. The van der Waals surface area contributed by atoms with Gasteiger partial charge < -0.3 is 49.1 Å². The second-order valence-electron chi connectivity index (χ2n) is 19.0. The Morgan fingerprint density at radius 1 is 0.970 bits per heavy atom. The molecule has 9 atom stereocenters. The molecule has 2 aromatic rings. The molecule has 0 spiro atoms. The molecule has 6 rings (SSSR count). The number of allylic oxidation sites excluding steroid dienone is 4. The maximum atomic E-state index is 16.6. The lowest BCUT2D eigenvalue weighted by Crippen LogP contribution is -2.48. The molecule has 1 amide bonds. The van der Waals surface area contributed by atoms with Crippen molar-refractivity contribution < 1.29 is 67.4 Å². The summed E-state index contributed by atoms with van der Waals surface area (Å²) in [4.78, 5) is 60.6. The van der Waals surface area contributed by atoms with Crippen molar-refractivity contribution in [3.05, 3.63) is 87.9 Å². The number of aromatic hydroxyl groups is 2. The van der Waals surface area contributed by atoms with Gasteiger partial charge in [-0.15, -0.1) is 0 Å². The molecule has 2 aromatic carbocycles. The van der Waals surface area contributed by atoms with Crippen molar-refractivity contribution in [2.24, 2.45) is 22.7 Å². The molecule has 1 aliphatic carbocycles. The van der Waals surface area contributed by atoms with Crippen LogP contribution in [-0.2, 0) is 23.8 Å². The predicted molar refractivity (Wildman–Crippen MR) is 247 cm³/mol. The van der Waals surface area contributed by atoms with Gasteiger partial charge in [0.15, 0.2) is 6.17 Å². The van der Waals surface area contributed by atoms with Crippen LogP contribution >= 0.6 is 0 Å². The van der Waals surface area contributed by atoms with Gasteiger partial charge in [-0.3, -0.25) is 19.2 Å². The number of rotatable bonds is 5. The van der Waals surface area contributed by atoms with Crippen LogP contribution in [0.25, 0.3) is 0 Å². The van der Waals surface area contributed by atoms with Crippen molar-refractivity contribution in [3.63, 3.8) is 0 Å². The number of benzene rings is 2. The molecule has 66 heavy (non-hydrogen) atoms. The third-order valence-corrected chi connectivity index (χ3v) is 17.5. The summed E-state index contributed by atoms with van der Waals surface area (Å²) < 4.78 is 46.2. The van der Waals surface area contributed by atoms with Crippen LogP contribution in [0.5, 0.6) is 23.0 Å². The predicted octanol–water partition coefficient (Wildman–Crippen LogP) is 7.75. The third-order valence-electron chi connectivity index (χ3n) is 13.2. The molecule has 5 N–H and O–H groups in total. The summed E-state index contributed by atoms with van der Waals surface area (Å²) in [7, 11) is -1.39. The molecule has 15 nitrogen and oxygen atoms in total. The summed E-state index contributed by atoms with van der Waals surface area (Å²) >= 11 is 0. The van der Waals surface area contributed by atoms with Gasteiger partial charge in [-0.05, 0) is 57.1 Å². The maximum absolute atomic E-state index is 16.6. The minimum absolute atomic E-state index is 0.0246. The molecule has 0 fully saturated rings. The minimum Gasteiger partial charge on any atom is -0.542 e. The van der Waals surface area contributed by atoms with Gasteiger partial charge in [0.05, 0.1) is 41.0 Å². The number of phenolic OH excluding ortho intramolecular Hbond substituents is 2. The first-order valence-corrected chi connectivity index (χ1v) is 24.7. The highest BCUT2D eigenvalue weighted by molar-refractivity contribution is 6.74. The van der Waals surface area contributed by atoms with Gasteiger partial charge in [0, 0.05) is 61.0 Å². The van der Waals surface area contributed by atoms with Crippen molar-refractivity contribution in [2.45, 2.75) is 131 Å². The fraction of sp³-hybridized carbons (Fsp3) is 0.490. The topological polar surface area (TPSA) is 220 Å². The van der Waals surface area contributed by atoms with E-state index in [1.807, 2.05) is 33.9 Å². The number of esters is 1. The number of Topliss-reactive ketones (excluding diaryl/α,β-unsaturated/α-hetero) is 2. The quantitative estimate of drug-likeness (QED) is 0.143. The molecular weight excluding hydrogens is 872 g/mol. The number of para-hydroxylation sites is 1. The second-order valence-corrected chi connectivity index (χ2v) is 23.7. The number of aliphatic imine (C=N–C) groups is 1. The van der Waals surface area contributed by atoms with Crippen molar-refractivity contribution in [2.75, 3.05) is 7.11 Å². The first-order chi connectivity index (χ1) is 30.6. The first-order valence-electron chi connectivity index (χ1n) is 21.8.